The van der Waals surface area contributed by atoms with Gasteiger partial charge in [-0.1, -0.05) is 6.07 Å². The van der Waals surface area contributed by atoms with Crippen LogP contribution in [0.5, 0.6) is 0 Å². The van der Waals surface area contributed by atoms with Crippen molar-refractivity contribution in [1.29, 1.82) is 0 Å². The predicted octanol–water partition coefficient (Wildman–Crippen LogP) is 1.51. The fourth-order valence-corrected chi connectivity index (χ4v) is 4.44. The summed E-state index contributed by atoms with van der Waals surface area (Å²) in [6.07, 6.45) is 0.666. The third-order valence-electron chi connectivity index (χ3n) is 4.13. The Bertz CT molecular complexity index is 718. The van der Waals surface area contributed by atoms with Crippen molar-refractivity contribution in [2.75, 3.05) is 6.54 Å². The molecule has 1 aromatic rings. The number of nitrogens with one attached hydrogen (secondary N) is 1. The summed E-state index contributed by atoms with van der Waals surface area (Å²) in [7, 11) is -3.83. The normalized spacial score (nSPS) is 25.3. The molecule has 0 bridgehead atoms. The molecular weight excluding hydrogens is 358 g/mol. The highest BCUT2D eigenvalue weighted by Crippen LogP contribution is 2.24. The van der Waals surface area contributed by atoms with Gasteiger partial charge in [-0.2, -0.15) is 4.31 Å². The number of pyridine rings is 1. The van der Waals surface area contributed by atoms with Gasteiger partial charge in [0.15, 0.2) is 5.03 Å². The Kier molecular flexibility index (Phi) is 6.25. The zero-order valence-corrected chi connectivity index (χ0v) is 16.4. The summed E-state index contributed by atoms with van der Waals surface area (Å²) >= 11 is 0. The highest BCUT2D eigenvalue weighted by Gasteiger charge is 2.37. The predicted molar refractivity (Wildman–Crippen MR) is 96.0 cm³/mol. The number of ether oxygens (including phenoxy) is 1. The number of nitrogens with zero attached hydrogens (tertiary/aromatic N) is 2. The number of sulfonamides is 1. The van der Waals surface area contributed by atoms with E-state index in [1.807, 2.05) is 0 Å². The van der Waals surface area contributed by atoms with Crippen molar-refractivity contribution < 1.29 is 23.1 Å². The van der Waals surface area contributed by atoms with E-state index >= 15 is 0 Å². The number of aromatic nitrogens is 1. The second kappa shape index (κ2) is 7.89. The number of carbonyl (C=O) groups is 1. The van der Waals surface area contributed by atoms with Crippen LogP contribution < -0.4 is 5.32 Å². The Labute approximate surface area is 154 Å². The molecule has 3 atom stereocenters. The summed E-state index contributed by atoms with van der Waals surface area (Å²) in [5.74, 6) is 0. The van der Waals surface area contributed by atoms with Gasteiger partial charge < -0.3 is 15.2 Å². The zero-order valence-electron chi connectivity index (χ0n) is 15.5. The number of rotatable bonds is 3. The molecule has 0 radical (unpaired) electrons. The molecule has 0 aliphatic carbocycles. The lowest BCUT2D eigenvalue weighted by Crippen LogP contribution is -2.49. The SMILES string of the molecule is C[C@@H]1CCC(NC(=O)OC(C)(C)C)C(O)CN1S(=O)(=O)c1ccccn1. The Morgan fingerprint density at radius 1 is 1.35 bits per heavy atom. The first-order valence-electron chi connectivity index (χ1n) is 8.61. The van der Waals surface area contributed by atoms with Crippen LogP contribution >= 0.6 is 0 Å². The first-order chi connectivity index (χ1) is 12.0. The van der Waals surface area contributed by atoms with Gasteiger partial charge in [0.25, 0.3) is 10.0 Å². The van der Waals surface area contributed by atoms with Gasteiger partial charge in [0.1, 0.15) is 5.60 Å². The van der Waals surface area contributed by atoms with Crippen molar-refractivity contribution in [2.24, 2.45) is 0 Å². The van der Waals surface area contributed by atoms with Gasteiger partial charge in [-0.05, 0) is 52.7 Å². The zero-order chi connectivity index (χ0) is 19.5. The molecule has 2 unspecified atom stereocenters. The number of hydrogen-bond acceptors (Lipinski definition) is 6. The molecule has 2 rings (SSSR count). The van der Waals surface area contributed by atoms with Crippen molar-refractivity contribution in [3.8, 4) is 0 Å². The van der Waals surface area contributed by atoms with Crippen LogP contribution in [-0.4, -0.2) is 59.2 Å². The molecule has 1 aliphatic heterocycles. The summed E-state index contributed by atoms with van der Waals surface area (Å²) in [5.41, 5.74) is -0.651. The first kappa shape index (κ1) is 20.6. The van der Waals surface area contributed by atoms with E-state index in [0.29, 0.717) is 12.8 Å². The molecule has 1 fully saturated rings. The number of alkyl carbamates (subject to hydrolysis) is 1. The van der Waals surface area contributed by atoms with Crippen LogP contribution in [-0.2, 0) is 14.8 Å². The summed E-state index contributed by atoms with van der Waals surface area (Å²) in [4.78, 5) is 15.9. The van der Waals surface area contributed by atoms with E-state index in [1.165, 1.54) is 16.6 Å². The molecule has 0 spiro atoms. The quantitative estimate of drug-likeness (QED) is 0.816. The van der Waals surface area contributed by atoms with Crippen LogP contribution in [0.1, 0.15) is 40.5 Å². The summed E-state index contributed by atoms with van der Waals surface area (Å²) in [6.45, 7) is 6.90. The maximum absolute atomic E-state index is 12.9. The minimum absolute atomic E-state index is 0.0578. The van der Waals surface area contributed by atoms with E-state index in [1.54, 1.807) is 39.8 Å². The maximum atomic E-state index is 12.9. The van der Waals surface area contributed by atoms with Crippen molar-refractivity contribution in [2.45, 2.75) is 69.4 Å². The van der Waals surface area contributed by atoms with E-state index < -0.39 is 33.9 Å². The Balaban J connectivity index is 2.14. The first-order valence-corrected chi connectivity index (χ1v) is 10.0. The van der Waals surface area contributed by atoms with Gasteiger partial charge in [-0.15, -0.1) is 0 Å². The fourth-order valence-electron chi connectivity index (χ4n) is 2.83. The van der Waals surface area contributed by atoms with Crippen molar-refractivity contribution in [1.82, 2.24) is 14.6 Å². The average Bonchev–Trinajstić information content (AvgIpc) is 2.67. The number of aliphatic hydroxyl groups excluding tert-OH is 1. The van der Waals surface area contributed by atoms with E-state index in [0.717, 1.165) is 0 Å². The second-order valence-electron chi connectivity index (χ2n) is 7.49. The third-order valence-corrected chi connectivity index (χ3v) is 6.03. The molecular formula is C17H27N3O5S. The van der Waals surface area contributed by atoms with Gasteiger partial charge in [0, 0.05) is 18.8 Å². The lowest BCUT2D eigenvalue weighted by atomic mass is 10.1. The van der Waals surface area contributed by atoms with Crippen LogP contribution in [0.15, 0.2) is 29.4 Å². The summed E-state index contributed by atoms with van der Waals surface area (Å²) < 4.78 is 32.2. The lowest BCUT2D eigenvalue weighted by Gasteiger charge is -2.28. The Morgan fingerprint density at radius 3 is 2.62 bits per heavy atom. The fraction of sp³-hybridized carbons (Fsp3) is 0.647. The number of carbonyl (C=O) groups excluding carboxylic acids is 1. The van der Waals surface area contributed by atoms with Crippen LogP contribution in [0.2, 0.25) is 0 Å². The lowest BCUT2D eigenvalue weighted by molar-refractivity contribution is 0.0414. The second-order valence-corrected chi connectivity index (χ2v) is 9.33. The van der Waals surface area contributed by atoms with Gasteiger partial charge in [-0.3, -0.25) is 0 Å². The number of β-amino-alcohol motifs (C(OH)–C–C–N with tert-alkyl or cyclic N) is 1. The molecule has 1 aromatic heterocycles. The molecule has 26 heavy (non-hydrogen) atoms. The molecule has 2 N–H and O–H groups in total. The number of aliphatic hydroxyl groups is 1. The van der Waals surface area contributed by atoms with Crippen LogP contribution in [0.3, 0.4) is 0 Å². The maximum Gasteiger partial charge on any atom is 0.407 e. The van der Waals surface area contributed by atoms with Gasteiger partial charge in [-0.25, -0.2) is 18.2 Å². The average molecular weight is 385 g/mol. The molecule has 1 aliphatic rings. The Hall–Kier alpha value is -1.71. The van der Waals surface area contributed by atoms with E-state index in [2.05, 4.69) is 10.3 Å². The van der Waals surface area contributed by atoms with Crippen molar-refractivity contribution in [3.05, 3.63) is 24.4 Å². The highest BCUT2D eigenvalue weighted by atomic mass is 32.2. The standard InChI is InChI=1S/C17H27N3O5S/c1-12-8-9-13(19-16(22)25-17(2,3)4)14(21)11-20(12)26(23,24)15-7-5-6-10-18-15/h5-7,10,12-14,21H,8-9,11H2,1-4H3,(H,19,22)/t12-,13?,14?/m1/s1. The topological polar surface area (TPSA) is 109 Å². The molecule has 1 saturated heterocycles. The van der Waals surface area contributed by atoms with E-state index in [-0.39, 0.29) is 17.6 Å². The van der Waals surface area contributed by atoms with Crippen LogP contribution in [0.25, 0.3) is 0 Å². The highest BCUT2D eigenvalue weighted by molar-refractivity contribution is 7.89. The molecule has 1 amide bonds. The summed E-state index contributed by atoms with van der Waals surface area (Å²) in [6, 6.07) is 3.75. The van der Waals surface area contributed by atoms with Gasteiger partial charge >= 0.3 is 6.09 Å². The number of hydrogen-bond donors (Lipinski definition) is 2. The minimum Gasteiger partial charge on any atom is -0.444 e. The largest absolute Gasteiger partial charge is 0.444 e. The van der Waals surface area contributed by atoms with Crippen molar-refractivity contribution >= 4 is 16.1 Å². The van der Waals surface area contributed by atoms with Crippen LogP contribution in [0.4, 0.5) is 4.79 Å². The van der Waals surface area contributed by atoms with Gasteiger partial charge in [0.05, 0.1) is 12.1 Å². The molecule has 0 aromatic carbocycles. The summed E-state index contributed by atoms with van der Waals surface area (Å²) in [5, 5.41) is 13.1. The molecule has 2 heterocycles. The van der Waals surface area contributed by atoms with E-state index in [4.69, 9.17) is 4.74 Å². The monoisotopic (exact) mass is 385 g/mol. The molecule has 8 nitrogen and oxygen atoms in total. The molecule has 9 heteroatoms. The Morgan fingerprint density at radius 2 is 2.04 bits per heavy atom. The number of amides is 1. The molecule has 146 valence electrons. The van der Waals surface area contributed by atoms with Crippen molar-refractivity contribution in [3.63, 3.8) is 0 Å². The van der Waals surface area contributed by atoms with Gasteiger partial charge in [0.2, 0.25) is 0 Å². The minimum atomic E-state index is -3.83. The third kappa shape index (κ3) is 5.15. The molecule has 0 saturated carbocycles. The van der Waals surface area contributed by atoms with E-state index in [9.17, 15) is 18.3 Å². The smallest absolute Gasteiger partial charge is 0.407 e. The van der Waals surface area contributed by atoms with Crippen LogP contribution in [0, 0.1) is 0 Å².